The summed E-state index contributed by atoms with van der Waals surface area (Å²) in [6.45, 7) is 0.540. The van der Waals surface area contributed by atoms with Gasteiger partial charge in [0.2, 0.25) is 17.7 Å². The molecule has 2 atom stereocenters. The van der Waals surface area contributed by atoms with Crippen LogP contribution in [0.5, 0.6) is 0 Å². The zero-order valence-electron chi connectivity index (χ0n) is 23.1. The second-order valence-corrected chi connectivity index (χ2v) is 11.1. The molecule has 0 aliphatic heterocycles. The normalized spacial score (nSPS) is 20.8. The molecule has 2 saturated carbocycles. The van der Waals surface area contributed by atoms with Crippen LogP contribution >= 0.6 is 12.4 Å². The molecule has 1 unspecified atom stereocenters. The van der Waals surface area contributed by atoms with Crippen molar-refractivity contribution in [3.63, 3.8) is 0 Å². The summed E-state index contributed by atoms with van der Waals surface area (Å²) < 4.78 is 0. The molecule has 0 radical (unpaired) electrons. The first kappa shape index (κ1) is 32.1. The molecule has 1 aromatic rings. The van der Waals surface area contributed by atoms with Crippen molar-refractivity contribution in [3.05, 3.63) is 35.4 Å². The molecule has 214 valence electrons. The van der Waals surface area contributed by atoms with E-state index in [1.165, 1.54) is 4.90 Å². The van der Waals surface area contributed by atoms with Crippen molar-refractivity contribution in [1.82, 2.24) is 15.5 Å². The van der Waals surface area contributed by atoms with Gasteiger partial charge in [-0.15, -0.1) is 12.4 Å². The molecule has 10 heteroatoms. The first-order valence-corrected chi connectivity index (χ1v) is 13.8. The van der Waals surface area contributed by atoms with Crippen LogP contribution < -0.4 is 16.4 Å². The predicted octanol–water partition coefficient (Wildman–Crippen LogP) is 3.15. The molecule has 1 aromatic carbocycles. The number of hydrogen-bond donors (Lipinski definition) is 4. The minimum absolute atomic E-state index is 0. The molecular formula is C29H43ClN6O3. The van der Waals surface area contributed by atoms with E-state index in [0.717, 1.165) is 63.4 Å². The zero-order chi connectivity index (χ0) is 27.7. The first-order valence-electron chi connectivity index (χ1n) is 13.8. The molecule has 0 bridgehead atoms. The molecule has 2 aliphatic rings. The highest BCUT2D eigenvalue weighted by Gasteiger charge is 2.36. The minimum Gasteiger partial charge on any atom is -0.384 e. The van der Waals surface area contributed by atoms with Crippen molar-refractivity contribution in [2.45, 2.75) is 70.3 Å². The maximum absolute atomic E-state index is 13.6. The summed E-state index contributed by atoms with van der Waals surface area (Å²) in [6.07, 6.45) is 8.64. The van der Waals surface area contributed by atoms with E-state index in [1.54, 1.807) is 38.4 Å². The number of carbonyl (C=O) groups is 3. The Bertz CT molecular complexity index is 1020. The lowest BCUT2D eigenvalue weighted by atomic mass is 9.82. The van der Waals surface area contributed by atoms with Gasteiger partial charge in [0.05, 0.1) is 6.07 Å². The van der Waals surface area contributed by atoms with E-state index in [0.29, 0.717) is 18.0 Å². The number of nitrogens with zero attached hydrogens (tertiary/aromatic N) is 2. The fourth-order valence-electron chi connectivity index (χ4n) is 5.63. The lowest BCUT2D eigenvalue weighted by molar-refractivity contribution is -0.142. The van der Waals surface area contributed by atoms with E-state index < -0.39 is 17.9 Å². The van der Waals surface area contributed by atoms with Gasteiger partial charge in [0.1, 0.15) is 17.8 Å². The molecular weight excluding hydrogens is 516 g/mol. The van der Waals surface area contributed by atoms with Crippen molar-refractivity contribution in [2.24, 2.45) is 29.4 Å². The van der Waals surface area contributed by atoms with Crippen LogP contribution in [-0.4, -0.2) is 55.1 Å². The molecule has 0 aromatic heterocycles. The van der Waals surface area contributed by atoms with E-state index in [4.69, 9.17) is 16.4 Å². The number of nitriles is 1. The number of amidine groups is 1. The van der Waals surface area contributed by atoms with E-state index in [2.05, 4.69) is 16.7 Å². The molecule has 3 rings (SSSR count). The van der Waals surface area contributed by atoms with Gasteiger partial charge in [0.15, 0.2) is 0 Å². The van der Waals surface area contributed by atoms with Crippen LogP contribution in [0.2, 0.25) is 0 Å². The molecule has 0 spiro atoms. The Kier molecular flexibility index (Phi) is 12.7. The molecule has 39 heavy (non-hydrogen) atoms. The highest BCUT2D eigenvalue weighted by atomic mass is 35.5. The number of hydrogen-bond acceptors (Lipinski definition) is 5. The van der Waals surface area contributed by atoms with Crippen LogP contribution in [0.15, 0.2) is 24.3 Å². The van der Waals surface area contributed by atoms with Gasteiger partial charge in [-0.2, -0.15) is 5.26 Å². The second-order valence-electron chi connectivity index (χ2n) is 11.1. The number of amides is 3. The maximum Gasteiger partial charge on any atom is 0.242 e. The molecule has 9 nitrogen and oxygen atoms in total. The van der Waals surface area contributed by atoms with E-state index in [9.17, 15) is 14.4 Å². The number of nitrogens with one attached hydrogen (secondary N) is 3. The van der Waals surface area contributed by atoms with E-state index in [-0.39, 0.29) is 48.3 Å². The lowest BCUT2D eigenvalue weighted by Gasteiger charge is -2.32. The van der Waals surface area contributed by atoms with Crippen molar-refractivity contribution in [1.29, 1.82) is 10.7 Å². The Morgan fingerprint density at radius 3 is 2.18 bits per heavy atom. The molecule has 2 fully saturated rings. The van der Waals surface area contributed by atoms with Crippen LogP contribution in [0.25, 0.3) is 0 Å². The quantitative estimate of drug-likeness (QED) is 0.197. The number of nitrogens with two attached hydrogens (primary N) is 1. The van der Waals surface area contributed by atoms with E-state index >= 15 is 0 Å². The second kappa shape index (κ2) is 15.5. The van der Waals surface area contributed by atoms with Crippen LogP contribution in [0.1, 0.15) is 68.9 Å². The Hall–Kier alpha value is -3.12. The third-order valence-corrected chi connectivity index (χ3v) is 8.06. The number of carbonyl (C=O) groups excluding carboxylic acids is 3. The average Bonchev–Trinajstić information content (AvgIpc) is 2.93. The fourth-order valence-corrected chi connectivity index (χ4v) is 5.63. The van der Waals surface area contributed by atoms with Crippen molar-refractivity contribution in [2.75, 3.05) is 20.6 Å². The van der Waals surface area contributed by atoms with Crippen LogP contribution in [0.3, 0.4) is 0 Å². The van der Waals surface area contributed by atoms with Crippen molar-refractivity contribution in [3.8, 4) is 6.07 Å². The Morgan fingerprint density at radius 2 is 1.64 bits per heavy atom. The monoisotopic (exact) mass is 558 g/mol. The maximum atomic E-state index is 13.6. The van der Waals surface area contributed by atoms with Crippen LogP contribution in [-0.2, 0) is 20.8 Å². The zero-order valence-corrected chi connectivity index (χ0v) is 23.9. The van der Waals surface area contributed by atoms with Gasteiger partial charge in [-0.1, -0.05) is 43.5 Å². The summed E-state index contributed by atoms with van der Waals surface area (Å²) in [6, 6.07) is 8.61. The molecule has 0 saturated heterocycles. The van der Waals surface area contributed by atoms with Gasteiger partial charge in [-0.3, -0.25) is 19.8 Å². The standard InChI is InChI=1S/C29H42N6O3.ClH/c1-35(2)29(38)24(16-19-12-14-23(15-13-19)26(31)32)27(36)34-25(22-6-4-3-5-7-22)28(37)33-18-21-10-8-20(17-30)9-11-21;/h12-15,20-22,24-25H,3-11,16,18H2,1-2H3,(H3,31,32)(H,33,37)(H,34,36);1H/t20?,21?,24?,25-;/m0./s1. The number of halogens is 1. The fraction of sp³-hybridized carbons (Fsp3) is 0.621. The largest absolute Gasteiger partial charge is 0.384 e. The smallest absolute Gasteiger partial charge is 0.242 e. The number of rotatable bonds is 10. The van der Waals surface area contributed by atoms with E-state index in [1.807, 2.05) is 0 Å². The van der Waals surface area contributed by atoms with Crippen LogP contribution in [0.4, 0.5) is 0 Å². The topological polar surface area (TPSA) is 152 Å². The predicted molar refractivity (Wildman–Crippen MR) is 153 cm³/mol. The van der Waals surface area contributed by atoms with Gasteiger partial charge in [-0.05, 0) is 62.3 Å². The Balaban J connectivity index is 0.00000533. The summed E-state index contributed by atoms with van der Waals surface area (Å²) >= 11 is 0. The summed E-state index contributed by atoms with van der Waals surface area (Å²) in [5.41, 5.74) is 6.90. The summed E-state index contributed by atoms with van der Waals surface area (Å²) in [7, 11) is 3.24. The van der Waals surface area contributed by atoms with Gasteiger partial charge in [-0.25, -0.2) is 0 Å². The first-order chi connectivity index (χ1) is 18.2. The summed E-state index contributed by atoms with van der Waals surface area (Å²) in [5, 5.41) is 22.8. The molecule has 0 heterocycles. The van der Waals surface area contributed by atoms with Crippen molar-refractivity contribution >= 4 is 36.0 Å². The third kappa shape index (κ3) is 9.24. The lowest BCUT2D eigenvalue weighted by Crippen LogP contribution is -2.55. The van der Waals surface area contributed by atoms with Crippen molar-refractivity contribution < 1.29 is 14.4 Å². The number of nitrogen functional groups attached to an aromatic ring is 1. The molecule has 2 aliphatic carbocycles. The highest BCUT2D eigenvalue weighted by molar-refractivity contribution is 6.02. The highest BCUT2D eigenvalue weighted by Crippen LogP contribution is 2.29. The molecule has 5 N–H and O–H groups in total. The Labute approximate surface area is 238 Å². The van der Waals surface area contributed by atoms with Gasteiger partial charge >= 0.3 is 0 Å². The summed E-state index contributed by atoms with van der Waals surface area (Å²) in [4.78, 5) is 41.5. The molecule has 3 amide bonds. The third-order valence-electron chi connectivity index (χ3n) is 8.06. The number of benzene rings is 1. The van der Waals surface area contributed by atoms with Crippen LogP contribution in [0, 0.1) is 40.4 Å². The van der Waals surface area contributed by atoms with Gasteiger partial charge in [0.25, 0.3) is 0 Å². The van der Waals surface area contributed by atoms with Gasteiger partial charge < -0.3 is 21.3 Å². The summed E-state index contributed by atoms with van der Waals surface area (Å²) in [5.74, 6) is -1.49. The SMILES string of the molecule is CN(C)C(=O)C(Cc1ccc(C(=N)N)cc1)C(=O)N[C@H](C(=O)NCC1CCC(C#N)CC1)C1CCCCC1.Cl. The minimum atomic E-state index is -0.978. The van der Waals surface area contributed by atoms with Gasteiger partial charge in [0, 0.05) is 32.1 Å². The average molecular weight is 559 g/mol. The Morgan fingerprint density at radius 1 is 1.03 bits per heavy atom.